The third-order valence-electron chi connectivity index (χ3n) is 5.16. The van der Waals surface area contributed by atoms with Gasteiger partial charge in [0.1, 0.15) is 0 Å². The molecule has 0 saturated carbocycles. The van der Waals surface area contributed by atoms with Crippen molar-refractivity contribution in [2.75, 3.05) is 0 Å². The fourth-order valence-corrected chi connectivity index (χ4v) is 19.1. The minimum Gasteiger partial charge on any atom is -0.389 e. The normalized spacial score (nSPS) is 16.5. The lowest BCUT2D eigenvalue weighted by Gasteiger charge is -2.49. The van der Waals surface area contributed by atoms with Crippen molar-refractivity contribution in [1.29, 1.82) is 0 Å². The summed E-state index contributed by atoms with van der Waals surface area (Å²) in [6.07, 6.45) is 2.00. The van der Waals surface area contributed by atoms with Crippen LogP contribution in [-0.2, 0) is 0 Å². The van der Waals surface area contributed by atoms with Crippen LogP contribution in [0.5, 0.6) is 0 Å². The van der Waals surface area contributed by atoms with E-state index in [9.17, 15) is 5.11 Å². The topological polar surface area (TPSA) is 20.2 Å². The molecule has 0 aromatic rings. The van der Waals surface area contributed by atoms with Gasteiger partial charge in [0.25, 0.3) is 0 Å². The Labute approximate surface area is 136 Å². The number of hydrogen-bond donors (Lipinski definition) is 1. The summed E-state index contributed by atoms with van der Waals surface area (Å²) in [5.74, 6) is 0.300. The molecule has 0 rings (SSSR count). The van der Waals surface area contributed by atoms with Gasteiger partial charge in [0.2, 0.25) is 0 Å². The van der Waals surface area contributed by atoms with Crippen LogP contribution in [0.2, 0.25) is 36.3 Å². The van der Waals surface area contributed by atoms with Crippen molar-refractivity contribution in [3.05, 3.63) is 10.9 Å². The molecular formula is C18H40OSi2. The predicted octanol–water partition coefficient (Wildman–Crippen LogP) is 6.03. The van der Waals surface area contributed by atoms with E-state index in [4.69, 9.17) is 0 Å². The van der Waals surface area contributed by atoms with Gasteiger partial charge in [0.15, 0.2) is 0 Å². The molecule has 1 unspecified atom stereocenters. The molecule has 126 valence electrons. The van der Waals surface area contributed by atoms with Crippen molar-refractivity contribution in [1.82, 2.24) is 0 Å². The van der Waals surface area contributed by atoms with Gasteiger partial charge in [0.05, 0.1) is 22.3 Å². The van der Waals surface area contributed by atoms with Crippen molar-refractivity contribution in [3.8, 4) is 0 Å². The second kappa shape index (κ2) is 7.60. The van der Waals surface area contributed by atoms with Gasteiger partial charge in [-0.15, -0.1) is 0 Å². The largest absolute Gasteiger partial charge is 0.389 e. The van der Waals surface area contributed by atoms with E-state index in [1.54, 1.807) is 4.82 Å². The predicted molar refractivity (Wildman–Crippen MR) is 103 cm³/mol. The second-order valence-corrected chi connectivity index (χ2v) is 20.4. The molecule has 0 amide bonds. The van der Waals surface area contributed by atoms with Gasteiger partial charge in [0, 0.05) is 0 Å². The van der Waals surface area contributed by atoms with Crippen LogP contribution in [0.15, 0.2) is 10.9 Å². The highest BCUT2D eigenvalue weighted by atomic mass is 28.4. The van der Waals surface area contributed by atoms with Crippen molar-refractivity contribution in [2.24, 2.45) is 5.92 Å². The molecule has 1 atom stereocenters. The minimum atomic E-state index is -1.64. The molecule has 21 heavy (non-hydrogen) atoms. The molecule has 1 N–H and O–H groups in total. The molecule has 1 nitrogen and oxygen atoms in total. The van der Waals surface area contributed by atoms with E-state index in [1.807, 2.05) is 0 Å². The molecule has 3 heteroatoms. The summed E-state index contributed by atoms with van der Waals surface area (Å²) in [5.41, 5.74) is 2.15. The fourth-order valence-electron chi connectivity index (χ4n) is 4.34. The summed E-state index contributed by atoms with van der Waals surface area (Å²) in [4.78, 5) is 1.70. The first-order chi connectivity index (χ1) is 9.29. The minimum absolute atomic E-state index is 0.296. The average Bonchev–Trinajstić information content (AvgIpc) is 2.25. The summed E-state index contributed by atoms with van der Waals surface area (Å²) in [5, 5.41) is 10.5. The van der Waals surface area contributed by atoms with Crippen LogP contribution in [-0.4, -0.2) is 27.4 Å². The zero-order chi connectivity index (χ0) is 17.2. The van der Waals surface area contributed by atoms with Crippen molar-refractivity contribution in [2.45, 2.75) is 97.8 Å². The molecule has 0 aliphatic heterocycles. The molecular weight excluding hydrogens is 288 g/mol. The van der Waals surface area contributed by atoms with Crippen LogP contribution in [0.25, 0.3) is 0 Å². The highest BCUT2D eigenvalue weighted by Crippen LogP contribution is 2.49. The first kappa shape index (κ1) is 21.1. The van der Waals surface area contributed by atoms with E-state index in [0.29, 0.717) is 5.92 Å². The first-order valence-electron chi connectivity index (χ1n) is 8.70. The number of aliphatic hydroxyl groups excluding tert-OH is 1. The van der Waals surface area contributed by atoms with E-state index >= 15 is 0 Å². The Hall–Kier alpha value is 0.134. The number of aliphatic hydroxyl groups is 1. The molecule has 0 aromatic carbocycles. The molecule has 0 aliphatic carbocycles. The van der Waals surface area contributed by atoms with E-state index < -0.39 is 16.1 Å². The van der Waals surface area contributed by atoms with Crippen LogP contribution in [0.4, 0.5) is 0 Å². The highest BCUT2D eigenvalue weighted by molar-refractivity contribution is 7.07. The maximum absolute atomic E-state index is 10.5. The summed E-state index contributed by atoms with van der Waals surface area (Å²) < 4.78 is 0. The first-order valence-corrected chi connectivity index (χ1v) is 14.4. The van der Waals surface area contributed by atoms with Crippen LogP contribution < -0.4 is 0 Å². The molecule has 0 heterocycles. The number of rotatable bonds is 7. The van der Waals surface area contributed by atoms with Gasteiger partial charge < -0.3 is 5.11 Å². The Morgan fingerprint density at radius 2 is 1.10 bits per heavy atom. The van der Waals surface area contributed by atoms with E-state index in [0.717, 1.165) is 16.6 Å². The average molecular weight is 329 g/mol. The Kier molecular flexibility index (Phi) is 7.65. The zero-order valence-corrected chi connectivity index (χ0v) is 18.4. The van der Waals surface area contributed by atoms with Gasteiger partial charge in [-0.25, -0.2) is 0 Å². The lowest BCUT2D eigenvalue weighted by atomic mass is 10.1. The van der Waals surface area contributed by atoms with Crippen molar-refractivity contribution >= 4 is 16.1 Å². The smallest absolute Gasteiger partial charge is 0.0845 e. The van der Waals surface area contributed by atoms with Gasteiger partial charge in [-0.1, -0.05) is 85.9 Å². The summed E-state index contributed by atoms with van der Waals surface area (Å²) in [6.45, 7) is 26.1. The Bertz CT molecular complexity index is 327. The van der Waals surface area contributed by atoms with E-state index in [-0.39, 0.29) is 6.10 Å². The third-order valence-corrected chi connectivity index (χ3v) is 17.3. The van der Waals surface area contributed by atoms with Crippen LogP contribution in [0, 0.1) is 5.92 Å². The maximum atomic E-state index is 10.5. The third kappa shape index (κ3) is 4.55. The Balaban J connectivity index is 6.32. The number of hydrogen-bond acceptors (Lipinski definition) is 1. The van der Waals surface area contributed by atoms with Crippen LogP contribution in [0.1, 0.15) is 55.4 Å². The molecule has 0 saturated heterocycles. The Morgan fingerprint density at radius 1 is 0.762 bits per heavy atom. The Morgan fingerprint density at radius 3 is 1.29 bits per heavy atom. The highest BCUT2D eigenvalue weighted by Gasteiger charge is 2.49. The van der Waals surface area contributed by atoms with Gasteiger partial charge in [-0.3, -0.25) is 0 Å². The molecule has 0 aromatic heterocycles. The maximum Gasteiger partial charge on any atom is 0.0845 e. The lowest BCUT2D eigenvalue weighted by Crippen LogP contribution is -2.54. The molecule has 0 spiro atoms. The molecule has 0 radical (unpaired) electrons. The second-order valence-electron chi connectivity index (χ2n) is 8.96. The van der Waals surface area contributed by atoms with Crippen LogP contribution >= 0.6 is 0 Å². The summed E-state index contributed by atoms with van der Waals surface area (Å²) >= 11 is 0. The fraction of sp³-hybridized carbons (Fsp3) is 0.889. The summed E-state index contributed by atoms with van der Waals surface area (Å²) in [6, 6.07) is 0. The van der Waals surface area contributed by atoms with Crippen LogP contribution in [0.3, 0.4) is 0 Å². The lowest BCUT2D eigenvalue weighted by molar-refractivity contribution is 0.172. The standard InChI is InChI=1S/C18H40OSi2/c1-13(2)17(19)12-18(20(9,10)11)21(14(3)4,15(5)6)16(7)8/h12-17,19H,1-11H3/b18-12+. The van der Waals surface area contributed by atoms with E-state index in [2.05, 4.69) is 81.1 Å². The van der Waals surface area contributed by atoms with Gasteiger partial charge in [-0.05, 0) is 22.5 Å². The van der Waals surface area contributed by atoms with Gasteiger partial charge >= 0.3 is 0 Å². The quantitative estimate of drug-likeness (QED) is 0.566. The van der Waals surface area contributed by atoms with E-state index in [1.165, 1.54) is 0 Å². The van der Waals surface area contributed by atoms with Gasteiger partial charge in [-0.2, -0.15) is 0 Å². The SMILES string of the molecule is CC(C)C(O)/C=C(\[Si](C)(C)C)[Si](C(C)C)(C(C)C)C(C)C. The molecule has 0 fully saturated rings. The summed E-state index contributed by atoms with van der Waals surface area (Å²) in [7, 11) is -3.09. The zero-order valence-electron chi connectivity index (χ0n) is 16.4. The van der Waals surface area contributed by atoms with Crippen molar-refractivity contribution < 1.29 is 5.11 Å². The van der Waals surface area contributed by atoms with Crippen molar-refractivity contribution in [3.63, 3.8) is 0 Å². The molecule has 0 bridgehead atoms. The monoisotopic (exact) mass is 328 g/mol. The molecule has 0 aliphatic rings.